The molecule has 0 fully saturated rings. The predicted molar refractivity (Wildman–Crippen MR) is 51.9 cm³/mol. The van der Waals surface area contributed by atoms with Crippen LogP contribution >= 0.6 is 0 Å². The van der Waals surface area contributed by atoms with Gasteiger partial charge in [0.25, 0.3) is 0 Å². The largest absolute Gasteiger partial charge is 0.463 e. The van der Waals surface area contributed by atoms with Gasteiger partial charge in [-0.05, 0) is 26.2 Å². The molecule has 15 heavy (non-hydrogen) atoms. The van der Waals surface area contributed by atoms with Crippen molar-refractivity contribution in [2.45, 2.75) is 26.2 Å². The van der Waals surface area contributed by atoms with E-state index in [1.165, 1.54) is 0 Å². The van der Waals surface area contributed by atoms with Crippen LogP contribution in [-0.2, 0) is 9.53 Å². The average Bonchev–Trinajstić information content (AvgIpc) is 2.62. The molecule has 0 unspecified atom stereocenters. The quantitative estimate of drug-likeness (QED) is 0.566. The minimum atomic E-state index is -0.863. The Bertz CT molecular complexity index is 333. The van der Waals surface area contributed by atoms with Crippen LogP contribution in [-0.4, -0.2) is 18.6 Å². The van der Waals surface area contributed by atoms with Crippen molar-refractivity contribution < 1.29 is 14.3 Å². The Balaban J connectivity index is 2.78. The molecule has 82 valence electrons. The Morgan fingerprint density at radius 2 is 2.20 bits per heavy atom. The molecule has 0 aromatic heterocycles. The molecule has 1 aliphatic carbocycles. The van der Waals surface area contributed by atoms with E-state index in [0.717, 1.165) is 6.42 Å². The van der Waals surface area contributed by atoms with Crippen molar-refractivity contribution in [3.8, 4) is 0 Å². The maximum atomic E-state index is 11.4. The number of allylic oxidation sites excluding steroid dienone is 1. The van der Waals surface area contributed by atoms with Gasteiger partial charge < -0.3 is 10.5 Å². The number of primary amides is 1. The van der Waals surface area contributed by atoms with Gasteiger partial charge in [0.05, 0.1) is 17.9 Å². The average molecular weight is 211 g/mol. The minimum absolute atomic E-state index is 0.322. The van der Waals surface area contributed by atoms with Gasteiger partial charge in [0.2, 0.25) is 0 Å². The first-order valence-electron chi connectivity index (χ1n) is 4.75. The zero-order valence-electron chi connectivity index (χ0n) is 8.52. The van der Waals surface area contributed by atoms with E-state index in [0.29, 0.717) is 30.7 Å². The highest BCUT2D eigenvalue weighted by atomic mass is 16.5. The van der Waals surface area contributed by atoms with Gasteiger partial charge >= 0.3 is 12.0 Å². The summed E-state index contributed by atoms with van der Waals surface area (Å²) >= 11 is 0. The third kappa shape index (κ3) is 3.16. The molecule has 0 bridgehead atoms. The number of azo groups is 1. The van der Waals surface area contributed by atoms with Gasteiger partial charge in [0, 0.05) is 0 Å². The number of nitrogens with zero attached hydrogens (tertiary/aromatic N) is 2. The summed E-state index contributed by atoms with van der Waals surface area (Å²) in [5.41, 5.74) is 5.82. The summed E-state index contributed by atoms with van der Waals surface area (Å²) in [7, 11) is 0. The molecule has 1 rings (SSSR count). The molecule has 0 saturated heterocycles. The summed E-state index contributed by atoms with van der Waals surface area (Å²) in [6, 6.07) is -0.863. The number of nitrogens with two attached hydrogens (primary N) is 1. The normalized spacial score (nSPS) is 16.1. The van der Waals surface area contributed by atoms with E-state index >= 15 is 0 Å². The van der Waals surface area contributed by atoms with Crippen LogP contribution in [0.25, 0.3) is 0 Å². The molecule has 0 spiro atoms. The number of esters is 1. The van der Waals surface area contributed by atoms with Crippen LogP contribution in [0.5, 0.6) is 0 Å². The van der Waals surface area contributed by atoms with Crippen molar-refractivity contribution in [1.29, 1.82) is 0 Å². The van der Waals surface area contributed by atoms with Gasteiger partial charge in [-0.3, -0.25) is 0 Å². The molecule has 0 radical (unpaired) electrons. The van der Waals surface area contributed by atoms with Gasteiger partial charge in [0.15, 0.2) is 0 Å². The number of hydrogen-bond donors (Lipinski definition) is 1. The van der Waals surface area contributed by atoms with Crippen molar-refractivity contribution in [2.75, 3.05) is 6.61 Å². The van der Waals surface area contributed by atoms with Gasteiger partial charge in [-0.15, -0.1) is 5.11 Å². The van der Waals surface area contributed by atoms with E-state index in [9.17, 15) is 9.59 Å². The fourth-order valence-corrected chi connectivity index (χ4v) is 1.39. The lowest BCUT2D eigenvalue weighted by atomic mass is 10.2. The lowest BCUT2D eigenvalue weighted by Gasteiger charge is -2.01. The van der Waals surface area contributed by atoms with E-state index in [-0.39, 0.29) is 5.97 Å². The zero-order valence-corrected chi connectivity index (χ0v) is 8.52. The van der Waals surface area contributed by atoms with Crippen molar-refractivity contribution >= 4 is 12.0 Å². The van der Waals surface area contributed by atoms with Crippen molar-refractivity contribution in [2.24, 2.45) is 16.0 Å². The van der Waals surface area contributed by atoms with Crippen molar-refractivity contribution in [3.63, 3.8) is 0 Å². The smallest absolute Gasteiger partial charge is 0.356 e. The third-order valence-electron chi connectivity index (χ3n) is 1.98. The Morgan fingerprint density at radius 3 is 2.80 bits per heavy atom. The standard InChI is InChI=1S/C9H13N3O3/c1-2-15-8(13)6-4-3-5-7(6)11-12-9(10)14/h2-5H2,1H3,(H2,10,14). The molecule has 0 saturated carbocycles. The molecule has 0 atom stereocenters. The number of carbonyl (C=O) groups excluding carboxylic acids is 2. The van der Waals surface area contributed by atoms with Gasteiger partial charge in [-0.2, -0.15) is 0 Å². The van der Waals surface area contributed by atoms with Gasteiger partial charge in [-0.25, -0.2) is 9.59 Å². The van der Waals surface area contributed by atoms with Crippen LogP contribution in [0.3, 0.4) is 0 Å². The Labute approximate surface area is 87.2 Å². The molecule has 1 aliphatic rings. The second-order valence-electron chi connectivity index (χ2n) is 3.04. The molecule has 0 heterocycles. The second-order valence-corrected chi connectivity index (χ2v) is 3.04. The van der Waals surface area contributed by atoms with Crippen LogP contribution in [0.1, 0.15) is 26.2 Å². The Morgan fingerprint density at radius 1 is 1.47 bits per heavy atom. The van der Waals surface area contributed by atoms with Crippen molar-refractivity contribution in [1.82, 2.24) is 0 Å². The summed E-state index contributed by atoms with van der Waals surface area (Å²) in [6.07, 6.45) is 2.07. The molecule has 0 aromatic rings. The fourth-order valence-electron chi connectivity index (χ4n) is 1.39. The highest BCUT2D eigenvalue weighted by molar-refractivity contribution is 5.89. The van der Waals surface area contributed by atoms with E-state index < -0.39 is 6.03 Å². The Kier molecular flexibility index (Phi) is 3.96. The second kappa shape index (κ2) is 5.23. The topological polar surface area (TPSA) is 94.1 Å². The van der Waals surface area contributed by atoms with E-state index in [2.05, 4.69) is 10.2 Å². The van der Waals surface area contributed by atoms with Crippen LogP contribution in [0.4, 0.5) is 4.79 Å². The van der Waals surface area contributed by atoms with Crippen LogP contribution < -0.4 is 5.73 Å². The number of ether oxygens (including phenoxy) is 1. The van der Waals surface area contributed by atoms with Crippen LogP contribution in [0, 0.1) is 0 Å². The molecular weight excluding hydrogens is 198 g/mol. The summed E-state index contributed by atoms with van der Waals surface area (Å²) < 4.78 is 4.85. The first kappa shape index (κ1) is 11.4. The SMILES string of the molecule is CCOC(=O)C1=C(N=NC(N)=O)CCC1. The highest BCUT2D eigenvalue weighted by Crippen LogP contribution is 2.27. The molecule has 2 N–H and O–H groups in total. The summed E-state index contributed by atoms with van der Waals surface area (Å²) in [6.45, 7) is 2.06. The highest BCUT2D eigenvalue weighted by Gasteiger charge is 2.22. The number of amides is 2. The van der Waals surface area contributed by atoms with Gasteiger partial charge in [0.1, 0.15) is 0 Å². The molecule has 6 nitrogen and oxygen atoms in total. The Hall–Kier alpha value is -1.72. The fraction of sp³-hybridized carbons (Fsp3) is 0.556. The summed E-state index contributed by atoms with van der Waals surface area (Å²) in [5.74, 6) is -0.381. The van der Waals surface area contributed by atoms with Gasteiger partial charge in [-0.1, -0.05) is 5.11 Å². The minimum Gasteiger partial charge on any atom is -0.463 e. The lowest BCUT2D eigenvalue weighted by Crippen LogP contribution is -2.07. The van der Waals surface area contributed by atoms with Crippen LogP contribution in [0.15, 0.2) is 21.5 Å². The van der Waals surface area contributed by atoms with E-state index in [4.69, 9.17) is 10.5 Å². The van der Waals surface area contributed by atoms with Crippen LogP contribution in [0.2, 0.25) is 0 Å². The number of hydrogen-bond acceptors (Lipinski definition) is 4. The molecule has 0 aliphatic heterocycles. The lowest BCUT2D eigenvalue weighted by molar-refractivity contribution is -0.138. The van der Waals surface area contributed by atoms with E-state index in [1.54, 1.807) is 6.92 Å². The zero-order chi connectivity index (χ0) is 11.3. The summed E-state index contributed by atoms with van der Waals surface area (Å²) in [4.78, 5) is 21.8. The monoisotopic (exact) mass is 211 g/mol. The first-order chi connectivity index (χ1) is 7.15. The molecule has 2 amide bonds. The maximum Gasteiger partial charge on any atom is 0.356 e. The van der Waals surface area contributed by atoms with E-state index in [1.807, 2.05) is 0 Å². The summed E-state index contributed by atoms with van der Waals surface area (Å²) in [5, 5.41) is 6.83. The first-order valence-corrected chi connectivity index (χ1v) is 4.75. The maximum absolute atomic E-state index is 11.4. The predicted octanol–water partition coefficient (Wildman–Crippen LogP) is 1.52. The van der Waals surface area contributed by atoms with Crippen molar-refractivity contribution in [3.05, 3.63) is 11.3 Å². The number of carbonyl (C=O) groups is 2. The molecule has 6 heteroatoms. The third-order valence-corrected chi connectivity index (χ3v) is 1.98. The molecule has 0 aromatic carbocycles. The molecular formula is C9H13N3O3. The number of urea groups is 1. The number of rotatable bonds is 3.